The van der Waals surface area contributed by atoms with Crippen LogP contribution in [0.5, 0.6) is 11.5 Å². The van der Waals surface area contributed by atoms with Crippen LogP contribution in [0.25, 0.3) is 0 Å². The lowest BCUT2D eigenvalue weighted by atomic mass is 10.3. The molecule has 26 heavy (non-hydrogen) atoms. The Labute approximate surface area is 147 Å². The van der Waals surface area contributed by atoms with Crippen LogP contribution in [0, 0.1) is 11.6 Å². The van der Waals surface area contributed by atoms with Crippen LogP contribution in [0.3, 0.4) is 0 Å². The van der Waals surface area contributed by atoms with Crippen molar-refractivity contribution in [2.45, 2.75) is 0 Å². The highest BCUT2D eigenvalue weighted by Gasteiger charge is 2.13. The predicted molar refractivity (Wildman–Crippen MR) is 89.4 cm³/mol. The Morgan fingerprint density at radius 1 is 0.731 bits per heavy atom. The van der Waals surface area contributed by atoms with Gasteiger partial charge in [0.25, 0.3) is 0 Å². The van der Waals surface area contributed by atoms with Crippen LogP contribution in [-0.2, 0) is 9.59 Å². The van der Waals surface area contributed by atoms with Crippen molar-refractivity contribution in [1.29, 1.82) is 0 Å². The van der Waals surface area contributed by atoms with E-state index in [4.69, 9.17) is 9.47 Å². The second kappa shape index (κ2) is 8.51. The molecule has 138 valence electrons. The average Bonchev–Trinajstić information content (AvgIpc) is 2.63. The Balaban J connectivity index is 1.89. The summed E-state index contributed by atoms with van der Waals surface area (Å²) in [5.74, 6) is -2.85. The van der Waals surface area contributed by atoms with Gasteiger partial charge in [-0.05, 0) is 12.1 Å². The lowest BCUT2D eigenvalue weighted by molar-refractivity contribution is -0.138. The molecule has 0 heterocycles. The van der Waals surface area contributed by atoms with Crippen LogP contribution in [0.1, 0.15) is 0 Å². The normalized spacial score (nSPS) is 9.85. The largest absolute Gasteiger partial charge is 0.497 e. The van der Waals surface area contributed by atoms with Crippen molar-refractivity contribution in [3.8, 4) is 11.5 Å². The molecule has 2 amide bonds. The van der Waals surface area contributed by atoms with Crippen LogP contribution >= 0.6 is 0 Å². The minimum absolute atomic E-state index is 0.172. The number of carbonyl (C=O) groups is 2. The van der Waals surface area contributed by atoms with E-state index in [2.05, 4.69) is 21.7 Å². The topological polar surface area (TPSA) is 101 Å². The van der Waals surface area contributed by atoms with Gasteiger partial charge in [-0.25, -0.2) is 8.78 Å². The molecule has 2 aromatic carbocycles. The number of amides is 2. The third kappa shape index (κ3) is 5.23. The van der Waals surface area contributed by atoms with Crippen LogP contribution in [0.2, 0.25) is 0 Å². The second-order valence-electron chi connectivity index (χ2n) is 4.92. The first-order valence-corrected chi connectivity index (χ1v) is 7.23. The molecule has 0 aliphatic rings. The number of anilines is 2. The van der Waals surface area contributed by atoms with Crippen molar-refractivity contribution in [2.24, 2.45) is 0 Å². The maximum absolute atomic E-state index is 13.3. The third-order valence-electron chi connectivity index (χ3n) is 3.06. The number of methoxy groups -OCH3 is 2. The maximum Gasteiger partial charge on any atom is 0.329 e. The summed E-state index contributed by atoms with van der Waals surface area (Å²) in [5.41, 5.74) is 9.27. The van der Waals surface area contributed by atoms with E-state index < -0.39 is 23.4 Å². The van der Waals surface area contributed by atoms with E-state index in [9.17, 15) is 18.4 Å². The highest BCUT2D eigenvalue weighted by molar-refractivity contribution is 6.35. The SMILES string of the molecule is COc1cc(F)cc(NNC(=O)C(=O)NNc2cc(F)cc(OC)c2)c1. The van der Waals surface area contributed by atoms with E-state index in [0.29, 0.717) is 0 Å². The lowest BCUT2D eigenvalue weighted by Crippen LogP contribution is -2.44. The third-order valence-corrected chi connectivity index (χ3v) is 3.06. The Bertz CT molecular complexity index is 749. The summed E-state index contributed by atoms with van der Waals surface area (Å²) in [5, 5.41) is 0. The molecule has 0 fully saturated rings. The lowest BCUT2D eigenvalue weighted by Gasteiger charge is -2.12. The van der Waals surface area contributed by atoms with E-state index in [-0.39, 0.29) is 22.9 Å². The number of hydrogen-bond acceptors (Lipinski definition) is 6. The summed E-state index contributed by atoms with van der Waals surface area (Å²) in [6.45, 7) is 0. The molecule has 0 saturated heterocycles. The molecular weight excluding hydrogens is 350 g/mol. The molecule has 0 aliphatic heterocycles. The van der Waals surface area contributed by atoms with E-state index in [0.717, 1.165) is 24.3 Å². The Hall–Kier alpha value is -3.56. The fourth-order valence-electron chi connectivity index (χ4n) is 1.88. The van der Waals surface area contributed by atoms with E-state index >= 15 is 0 Å². The molecule has 2 rings (SSSR count). The molecule has 0 bridgehead atoms. The zero-order chi connectivity index (χ0) is 19.1. The fourth-order valence-corrected chi connectivity index (χ4v) is 1.88. The van der Waals surface area contributed by atoms with E-state index in [1.54, 1.807) is 0 Å². The number of rotatable bonds is 6. The maximum atomic E-state index is 13.3. The minimum Gasteiger partial charge on any atom is -0.497 e. The predicted octanol–water partition coefficient (Wildman–Crippen LogP) is 1.57. The molecule has 0 saturated carbocycles. The van der Waals surface area contributed by atoms with E-state index in [1.807, 2.05) is 0 Å². The van der Waals surface area contributed by atoms with Gasteiger partial charge in [0.15, 0.2) is 0 Å². The molecule has 2 aromatic rings. The van der Waals surface area contributed by atoms with Gasteiger partial charge in [0.05, 0.1) is 25.6 Å². The molecule has 8 nitrogen and oxygen atoms in total. The van der Waals surface area contributed by atoms with Crippen molar-refractivity contribution in [3.05, 3.63) is 48.0 Å². The zero-order valence-corrected chi connectivity index (χ0v) is 13.9. The number of halogens is 2. The summed E-state index contributed by atoms with van der Waals surface area (Å²) in [6.07, 6.45) is 0. The average molecular weight is 366 g/mol. The molecule has 0 aliphatic carbocycles. The first kappa shape index (κ1) is 18.8. The number of hydrazine groups is 2. The number of benzene rings is 2. The van der Waals surface area contributed by atoms with Gasteiger partial charge in [-0.2, -0.15) is 0 Å². The van der Waals surface area contributed by atoms with Crippen molar-refractivity contribution in [2.75, 3.05) is 25.1 Å². The van der Waals surface area contributed by atoms with Crippen molar-refractivity contribution in [1.82, 2.24) is 10.9 Å². The molecule has 4 N–H and O–H groups in total. The van der Waals surface area contributed by atoms with Crippen molar-refractivity contribution >= 4 is 23.2 Å². The molecule has 10 heteroatoms. The second-order valence-corrected chi connectivity index (χ2v) is 4.92. The van der Waals surface area contributed by atoms with Gasteiger partial charge >= 0.3 is 11.8 Å². The number of nitrogens with one attached hydrogen (secondary N) is 4. The van der Waals surface area contributed by atoms with Gasteiger partial charge in [-0.3, -0.25) is 31.3 Å². The van der Waals surface area contributed by atoms with Crippen molar-refractivity contribution < 1.29 is 27.8 Å². The quantitative estimate of drug-likeness (QED) is 0.457. The molecule has 0 spiro atoms. The number of carbonyl (C=O) groups excluding carboxylic acids is 2. The van der Waals surface area contributed by atoms with Crippen LogP contribution in [0.4, 0.5) is 20.2 Å². The standard InChI is InChI=1S/C16H16F2N4O4/c1-25-13-5-9(17)3-11(7-13)19-21-15(23)16(24)22-20-12-4-10(18)6-14(8-12)26-2/h3-8,19-20H,1-2H3,(H,21,23)(H,22,24). The first-order valence-electron chi connectivity index (χ1n) is 7.23. The zero-order valence-electron chi connectivity index (χ0n) is 13.9. The Morgan fingerprint density at radius 2 is 1.12 bits per heavy atom. The Kier molecular flexibility index (Phi) is 6.15. The summed E-state index contributed by atoms with van der Waals surface area (Å²) in [6, 6.07) is 7.32. The smallest absolute Gasteiger partial charge is 0.329 e. The summed E-state index contributed by atoms with van der Waals surface area (Å²) in [4.78, 5) is 23.4. The number of ether oxygens (including phenoxy) is 2. The molecule has 0 atom stereocenters. The number of hydrogen-bond donors (Lipinski definition) is 4. The van der Waals surface area contributed by atoms with Gasteiger partial charge in [0.1, 0.15) is 23.1 Å². The van der Waals surface area contributed by atoms with E-state index in [1.165, 1.54) is 26.4 Å². The van der Waals surface area contributed by atoms with Gasteiger partial charge in [-0.15, -0.1) is 0 Å². The summed E-state index contributed by atoms with van der Waals surface area (Å²) >= 11 is 0. The first-order chi connectivity index (χ1) is 12.4. The fraction of sp³-hybridized carbons (Fsp3) is 0.125. The van der Waals surface area contributed by atoms with Gasteiger partial charge < -0.3 is 9.47 Å². The highest BCUT2D eigenvalue weighted by atomic mass is 19.1. The summed E-state index contributed by atoms with van der Waals surface area (Å²) in [7, 11) is 2.72. The Morgan fingerprint density at radius 3 is 1.46 bits per heavy atom. The van der Waals surface area contributed by atoms with Gasteiger partial charge in [-0.1, -0.05) is 0 Å². The van der Waals surface area contributed by atoms with Crippen LogP contribution in [-0.4, -0.2) is 26.0 Å². The minimum atomic E-state index is -1.07. The van der Waals surface area contributed by atoms with Crippen molar-refractivity contribution in [3.63, 3.8) is 0 Å². The molecule has 0 radical (unpaired) electrons. The van der Waals surface area contributed by atoms with Crippen LogP contribution in [0.15, 0.2) is 36.4 Å². The summed E-state index contributed by atoms with van der Waals surface area (Å²) < 4.78 is 36.4. The highest BCUT2D eigenvalue weighted by Crippen LogP contribution is 2.20. The van der Waals surface area contributed by atoms with Gasteiger partial charge in [0.2, 0.25) is 0 Å². The molecule has 0 aromatic heterocycles. The molecular formula is C16H16F2N4O4. The molecule has 0 unspecified atom stereocenters. The van der Waals surface area contributed by atoms with Crippen LogP contribution < -0.4 is 31.2 Å². The van der Waals surface area contributed by atoms with Gasteiger partial charge in [0, 0.05) is 24.3 Å². The monoisotopic (exact) mass is 366 g/mol.